The Balaban J connectivity index is 1.78. The fourth-order valence-corrected chi connectivity index (χ4v) is 3.24. The van der Waals surface area contributed by atoms with Crippen LogP contribution in [-0.4, -0.2) is 55.1 Å². The molecule has 2 fully saturated rings. The highest BCUT2D eigenvalue weighted by molar-refractivity contribution is 5.74. The molecule has 0 aromatic carbocycles. The number of nitrogens with one attached hydrogen (secondary N) is 1. The molecule has 1 aliphatic carbocycles. The van der Waals surface area contributed by atoms with Gasteiger partial charge in [0.1, 0.15) is 0 Å². The second-order valence-electron chi connectivity index (χ2n) is 6.61. The van der Waals surface area contributed by atoms with E-state index in [1.807, 2.05) is 4.90 Å². The average Bonchev–Trinajstić information content (AvgIpc) is 2.39. The quantitative estimate of drug-likeness (QED) is 0.832. The monoisotopic (exact) mass is 267 g/mol. The maximum absolute atomic E-state index is 12.2. The number of amides is 2. The van der Waals surface area contributed by atoms with Crippen LogP contribution < -0.4 is 5.32 Å². The van der Waals surface area contributed by atoms with Crippen LogP contribution in [0.25, 0.3) is 0 Å². The van der Waals surface area contributed by atoms with E-state index >= 15 is 0 Å². The third kappa shape index (κ3) is 4.10. The van der Waals surface area contributed by atoms with Gasteiger partial charge in [-0.2, -0.15) is 0 Å². The lowest BCUT2D eigenvalue weighted by molar-refractivity contribution is 0.145. The molecule has 0 spiro atoms. The zero-order valence-corrected chi connectivity index (χ0v) is 12.7. The van der Waals surface area contributed by atoms with E-state index < -0.39 is 0 Å². The van der Waals surface area contributed by atoms with Gasteiger partial charge in [-0.15, -0.1) is 0 Å². The van der Waals surface area contributed by atoms with Crippen LogP contribution in [0.15, 0.2) is 0 Å². The van der Waals surface area contributed by atoms with E-state index in [0.717, 1.165) is 50.9 Å². The van der Waals surface area contributed by atoms with Crippen LogP contribution >= 0.6 is 0 Å². The molecule has 19 heavy (non-hydrogen) atoms. The molecule has 0 unspecified atom stereocenters. The van der Waals surface area contributed by atoms with E-state index in [1.165, 1.54) is 12.8 Å². The maximum Gasteiger partial charge on any atom is 0.317 e. The van der Waals surface area contributed by atoms with Crippen LogP contribution in [0.4, 0.5) is 4.79 Å². The Bertz CT molecular complexity index is 298. The summed E-state index contributed by atoms with van der Waals surface area (Å²) in [5.74, 6) is 1.52. The Hall–Kier alpha value is -0.770. The SMILES string of the molecule is CC(C)[C@@H]1CCC[C@@H](NC(=O)N2CCN(C)CC2)C1. The Labute approximate surface area is 117 Å². The summed E-state index contributed by atoms with van der Waals surface area (Å²) in [6.45, 7) is 8.31. The third-order valence-corrected chi connectivity index (χ3v) is 4.78. The molecule has 1 saturated carbocycles. The first-order valence-corrected chi connectivity index (χ1v) is 7.80. The van der Waals surface area contributed by atoms with E-state index in [1.54, 1.807) is 0 Å². The Morgan fingerprint density at radius 3 is 2.47 bits per heavy atom. The highest BCUT2D eigenvalue weighted by Gasteiger charge is 2.27. The number of nitrogens with zero attached hydrogens (tertiary/aromatic N) is 2. The van der Waals surface area contributed by atoms with Gasteiger partial charge in [0.15, 0.2) is 0 Å². The van der Waals surface area contributed by atoms with Crippen molar-refractivity contribution in [1.29, 1.82) is 0 Å². The smallest absolute Gasteiger partial charge is 0.317 e. The number of carbonyl (C=O) groups is 1. The van der Waals surface area contributed by atoms with Crippen LogP contribution in [0.2, 0.25) is 0 Å². The van der Waals surface area contributed by atoms with Crippen molar-refractivity contribution in [2.75, 3.05) is 33.2 Å². The Morgan fingerprint density at radius 2 is 1.84 bits per heavy atom. The first-order valence-electron chi connectivity index (χ1n) is 7.80. The minimum Gasteiger partial charge on any atom is -0.335 e. The van der Waals surface area contributed by atoms with Gasteiger partial charge in [-0.3, -0.25) is 0 Å². The Morgan fingerprint density at radius 1 is 1.16 bits per heavy atom. The van der Waals surface area contributed by atoms with Crippen molar-refractivity contribution in [3.8, 4) is 0 Å². The number of urea groups is 1. The number of hydrogen-bond acceptors (Lipinski definition) is 2. The van der Waals surface area contributed by atoms with Crippen molar-refractivity contribution >= 4 is 6.03 Å². The number of likely N-dealkylation sites (N-methyl/N-ethyl adjacent to an activating group) is 1. The van der Waals surface area contributed by atoms with Crippen LogP contribution in [0.3, 0.4) is 0 Å². The topological polar surface area (TPSA) is 35.6 Å². The molecule has 1 N–H and O–H groups in total. The zero-order valence-electron chi connectivity index (χ0n) is 12.7. The van der Waals surface area contributed by atoms with E-state index in [0.29, 0.717) is 6.04 Å². The second kappa shape index (κ2) is 6.60. The highest BCUT2D eigenvalue weighted by Crippen LogP contribution is 2.29. The van der Waals surface area contributed by atoms with Gasteiger partial charge in [0.2, 0.25) is 0 Å². The standard InChI is InChI=1S/C15H29N3O/c1-12(2)13-5-4-6-14(11-13)16-15(19)18-9-7-17(3)8-10-18/h12-14H,4-11H2,1-3H3,(H,16,19)/t13-,14-/m1/s1. The molecule has 2 amide bonds. The first kappa shape index (κ1) is 14.6. The predicted octanol–water partition coefficient (Wildman–Crippen LogP) is 2.16. The summed E-state index contributed by atoms with van der Waals surface area (Å²) in [6.07, 6.45) is 4.91. The van der Waals surface area contributed by atoms with Crippen LogP contribution in [0, 0.1) is 11.8 Å². The van der Waals surface area contributed by atoms with Crippen molar-refractivity contribution in [3.63, 3.8) is 0 Å². The number of carbonyl (C=O) groups excluding carboxylic acids is 1. The molecule has 2 atom stereocenters. The number of rotatable bonds is 2. The van der Waals surface area contributed by atoms with Gasteiger partial charge >= 0.3 is 6.03 Å². The summed E-state index contributed by atoms with van der Waals surface area (Å²) in [7, 11) is 2.11. The highest BCUT2D eigenvalue weighted by atomic mass is 16.2. The molecular weight excluding hydrogens is 238 g/mol. The molecule has 4 nitrogen and oxygen atoms in total. The summed E-state index contributed by atoms with van der Waals surface area (Å²) in [5.41, 5.74) is 0. The largest absolute Gasteiger partial charge is 0.335 e. The van der Waals surface area contributed by atoms with Gasteiger partial charge < -0.3 is 15.1 Å². The fourth-order valence-electron chi connectivity index (χ4n) is 3.24. The number of hydrogen-bond donors (Lipinski definition) is 1. The van der Waals surface area contributed by atoms with Crippen molar-refractivity contribution in [1.82, 2.24) is 15.1 Å². The zero-order chi connectivity index (χ0) is 13.8. The summed E-state index contributed by atoms with van der Waals surface area (Å²) in [6, 6.07) is 0.552. The molecule has 0 bridgehead atoms. The molecule has 0 radical (unpaired) electrons. The summed E-state index contributed by atoms with van der Waals surface area (Å²) in [4.78, 5) is 16.5. The molecule has 4 heteroatoms. The van der Waals surface area contributed by atoms with Gasteiger partial charge in [0.25, 0.3) is 0 Å². The summed E-state index contributed by atoms with van der Waals surface area (Å²) < 4.78 is 0. The lowest BCUT2D eigenvalue weighted by atomic mass is 9.79. The minimum absolute atomic E-state index is 0.155. The van der Waals surface area contributed by atoms with E-state index in [-0.39, 0.29) is 6.03 Å². The fraction of sp³-hybridized carbons (Fsp3) is 0.933. The normalized spacial score (nSPS) is 29.6. The van der Waals surface area contributed by atoms with Gasteiger partial charge in [-0.1, -0.05) is 26.7 Å². The van der Waals surface area contributed by atoms with Crippen molar-refractivity contribution in [2.24, 2.45) is 11.8 Å². The molecule has 1 saturated heterocycles. The molecule has 110 valence electrons. The molecule has 1 heterocycles. The number of piperazine rings is 1. The van der Waals surface area contributed by atoms with Gasteiger partial charge in [0.05, 0.1) is 0 Å². The minimum atomic E-state index is 0.155. The Kier molecular flexibility index (Phi) is 5.08. The average molecular weight is 267 g/mol. The molecule has 2 rings (SSSR count). The lowest BCUT2D eigenvalue weighted by Crippen LogP contribution is -2.53. The van der Waals surface area contributed by atoms with Crippen molar-refractivity contribution in [2.45, 2.75) is 45.6 Å². The second-order valence-corrected chi connectivity index (χ2v) is 6.61. The van der Waals surface area contributed by atoms with E-state index in [9.17, 15) is 4.79 Å². The molecule has 1 aliphatic heterocycles. The van der Waals surface area contributed by atoms with E-state index in [4.69, 9.17) is 0 Å². The lowest BCUT2D eigenvalue weighted by Gasteiger charge is -2.36. The first-order chi connectivity index (χ1) is 9.06. The van der Waals surface area contributed by atoms with Crippen molar-refractivity contribution < 1.29 is 4.79 Å². The van der Waals surface area contributed by atoms with Gasteiger partial charge in [0, 0.05) is 32.2 Å². The molecular formula is C15H29N3O. The molecule has 0 aromatic rings. The van der Waals surface area contributed by atoms with Gasteiger partial charge in [-0.25, -0.2) is 4.79 Å². The molecule has 2 aliphatic rings. The van der Waals surface area contributed by atoms with Crippen LogP contribution in [0.1, 0.15) is 39.5 Å². The van der Waals surface area contributed by atoms with Crippen LogP contribution in [0.5, 0.6) is 0 Å². The molecule has 0 aromatic heterocycles. The van der Waals surface area contributed by atoms with Crippen LogP contribution in [-0.2, 0) is 0 Å². The summed E-state index contributed by atoms with van der Waals surface area (Å²) in [5, 5.41) is 3.26. The maximum atomic E-state index is 12.2. The van der Waals surface area contributed by atoms with E-state index in [2.05, 4.69) is 31.1 Å². The van der Waals surface area contributed by atoms with Crippen molar-refractivity contribution in [3.05, 3.63) is 0 Å². The predicted molar refractivity (Wildman–Crippen MR) is 78.2 cm³/mol. The van der Waals surface area contributed by atoms with Gasteiger partial charge in [-0.05, 0) is 31.7 Å². The summed E-state index contributed by atoms with van der Waals surface area (Å²) >= 11 is 0. The third-order valence-electron chi connectivity index (χ3n) is 4.78.